The van der Waals surface area contributed by atoms with E-state index in [0.717, 1.165) is 24.8 Å². The van der Waals surface area contributed by atoms with Gasteiger partial charge in [0.25, 0.3) is 0 Å². The van der Waals surface area contributed by atoms with E-state index < -0.39 is 0 Å². The number of rotatable bonds is 8. The average Bonchev–Trinajstić information content (AvgIpc) is 3.28. The van der Waals surface area contributed by atoms with Gasteiger partial charge in [-0.1, -0.05) is 6.92 Å². The van der Waals surface area contributed by atoms with E-state index in [9.17, 15) is 14.9 Å². The highest BCUT2D eigenvalue weighted by Crippen LogP contribution is 2.38. The van der Waals surface area contributed by atoms with Crippen molar-refractivity contribution >= 4 is 33.8 Å². The molecule has 0 saturated carbocycles. The third-order valence-electron chi connectivity index (χ3n) is 4.84. The van der Waals surface area contributed by atoms with Gasteiger partial charge >= 0.3 is 0 Å². The molecule has 1 aromatic carbocycles. The number of methoxy groups -OCH3 is 1. The molecule has 0 radical (unpaired) electrons. The number of benzene rings is 1. The number of fused-ring (bicyclic) bond motifs is 1. The Labute approximate surface area is 174 Å². The predicted molar refractivity (Wildman–Crippen MR) is 113 cm³/mol. The molecule has 7 nitrogen and oxygen atoms in total. The fraction of sp³-hybridized carbons (Fsp3) is 0.381. The van der Waals surface area contributed by atoms with Gasteiger partial charge in [-0.25, -0.2) is 0 Å². The number of carbonyl (C=O) groups excluding carboxylic acids is 2. The van der Waals surface area contributed by atoms with Crippen molar-refractivity contribution in [2.24, 2.45) is 0 Å². The van der Waals surface area contributed by atoms with Gasteiger partial charge < -0.3 is 15.4 Å². The van der Waals surface area contributed by atoms with Crippen LogP contribution in [0.1, 0.15) is 29.3 Å². The smallest absolute Gasteiger partial charge is 0.239 e. The fourth-order valence-corrected chi connectivity index (χ4v) is 4.59. The van der Waals surface area contributed by atoms with Crippen molar-refractivity contribution in [3.8, 4) is 11.8 Å². The zero-order valence-electron chi connectivity index (χ0n) is 16.6. The third kappa shape index (κ3) is 5.13. The van der Waals surface area contributed by atoms with Crippen LogP contribution in [0.2, 0.25) is 0 Å². The monoisotopic (exact) mass is 412 g/mol. The van der Waals surface area contributed by atoms with E-state index in [-0.39, 0.29) is 24.9 Å². The van der Waals surface area contributed by atoms with Crippen molar-refractivity contribution in [3.05, 3.63) is 40.3 Å². The molecule has 1 aliphatic carbocycles. The molecule has 1 heterocycles. The van der Waals surface area contributed by atoms with Gasteiger partial charge in [-0.3, -0.25) is 14.5 Å². The summed E-state index contributed by atoms with van der Waals surface area (Å²) in [6.07, 6.45) is 2.94. The molecular formula is C21H24N4O3S. The minimum atomic E-state index is -0.222. The zero-order chi connectivity index (χ0) is 20.8. The normalized spacial score (nSPS) is 12.3. The van der Waals surface area contributed by atoms with Crippen molar-refractivity contribution in [1.29, 1.82) is 5.26 Å². The molecule has 1 aliphatic rings. The van der Waals surface area contributed by atoms with E-state index in [0.29, 0.717) is 28.5 Å². The number of anilines is 2. The molecule has 0 aliphatic heterocycles. The highest BCUT2D eigenvalue weighted by Gasteiger charge is 2.23. The lowest BCUT2D eigenvalue weighted by Crippen LogP contribution is -2.38. The SMILES string of the molecule is CCN(CC(=O)Nc1ccc(OC)cc1)CC(=O)Nc1sc2c(c1C#N)CCC2. The van der Waals surface area contributed by atoms with Gasteiger partial charge in [0.2, 0.25) is 11.8 Å². The van der Waals surface area contributed by atoms with Gasteiger partial charge in [-0.05, 0) is 55.6 Å². The highest BCUT2D eigenvalue weighted by atomic mass is 32.1. The van der Waals surface area contributed by atoms with Crippen LogP contribution < -0.4 is 15.4 Å². The first kappa shape index (κ1) is 20.8. The minimum Gasteiger partial charge on any atom is -0.497 e. The van der Waals surface area contributed by atoms with Crippen LogP contribution in [0.4, 0.5) is 10.7 Å². The molecule has 0 atom stereocenters. The number of hydrogen-bond donors (Lipinski definition) is 2. The van der Waals surface area contributed by atoms with E-state index in [1.54, 1.807) is 36.3 Å². The first-order chi connectivity index (χ1) is 14.0. The largest absolute Gasteiger partial charge is 0.497 e. The number of likely N-dealkylation sites (N-methyl/N-ethyl adjacent to an activating group) is 1. The molecule has 2 aromatic rings. The number of nitrogens with one attached hydrogen (secondary N) is 2. The summed E-state index contributed by atoms with van der Waals surface area (Å²) in [4.78, 5) is 27.7. The molecule has 0 saturated heterocycles. The third-order valence-corrected chi connectivity index (χ3v) is 6.05. The van der Waals surface area contributed by atoms with Crippen LogP contribution in [-0.4, -0.2) is 43.5 Å². The number of hydrogen-bond acceptors (Lipinski definition) is 6. The van der Waals surface area contributed by atoms with Gasteiger partial charge in [0.1, 0.15) is 16.8 Å². The van der Waals surface area contributed by atoms with Crippen LogP contribution in [0.15, 0.2) is 24.3 Å². The summed E-state index contributed by atoms with van der Waals surface area (Å²) >= 11 is 1.49. The number of nitriles is 1. The molecule has 2 N–H and O–H groups in total. The molecule has 3 rings (SSSR count). The molecule has 0 spiro atoms. The number of carbonyl (C=O) groups is 2. The van der Waals surface area contributed by atoms with Gasteiger partial charge in [0.05, 0.1) is 25.8 Å². The zero-order valence-corrected chi connectivity index (χ0v) is 17.4. The van der Waals surface area contributed by atoms with E-state index in [1.165, 1.54) is 16.2 Å². The van der Waals surface area contributed by atoms with Crippen LogP contribution in [0.25, 0.3) is 0 Å². The van der Waals surface area contributed by atoms with Crippen LogP contribution in [0.5, 0.6) is 5.75 Å². The first-order valence-corrected chi connectivity index (χ1v) is 10.4. The Morgan fingerprint density at radius 1 is 1.17 bits per heavy atom. The summed E-state index contributed by atoms with van der Waals surface area (Å²) < 4.78 is 5.10. The van der Waals surface area contributed by atoms with Crippen molar-refractivity contribution in [2.75, 3.05) is 37.4 Å². The van der Waals surface area contributed by atoms with Crippen molar-refractivity contribution in [2.45, 2.75) is 26.2 Å². The van der Waals surface area contributed by atoms with Crippen LogP contribution in [0.3, 0.4) is 0 Å². The quantitative estimate of drug-likeness (QED) is 0.695. The Kier molecular flexibility index (Phi) is 6.86. The van der Waals surface area contributed by atoms with Crippen LogP contribution in [-0.2, 0) is 22.4 Å². The van der Waals surface area contributed by atoms with Gasteiger partial charge in [0, 0.05) is 10.6 Å². The average molecular weight is 413 g/mol. The fourth-order valence-electron chi connectivity index (χ4n) is 3.34. The van der Waals surface area contributed by atoms with E-state index in [1.807, 2.05) is 6.92 Å². The first-order valence-electron chi connectivity index (χ1n) is 9.54. The molecule has 0 bridgehead atoms. The summed E-state index contributed by atoms with van der Waals surface area (Å²) in [7, 11) is 1.58. The molecule has 0 fully saturated rings. The lowest BCUT2D eigenvalue weighted by atomic mass is 10.1. The number of ether oxygens (including phenoxy) is 1. The molecule has 29 heavy (non-hydrogen) atoms. The Balaban J connectivity index is 1.54. The maximum atomic E-state index is 12.5. The van der Waals surface area contributed by atoms with Crippen molar-refractivity contribution in [1.82, 2.24) is 4.90 Å². The summed E-state index contributed by atoms with van der Waals surface area (Å²) in [6.45, 7) is 2.63. The Morgan fingerprint density at radius 3 is 2.48 bits per heavy atom. The second-order valence-electron chi connectivity index (χ2n) is 6.80. The van der Waals surface area contributed by atoms with Crippen LogP contribution >= 0.6 is 11.3 Å². The lowest BCUT2D eigenvalue weighted by Gasteiger charge is -2.19. The van der Waals surface area contributed by atoms with Gasteiger partial charge in [-0.15, -0.1) is 11.3 Å². The second-order valence-corrected chi connectivity index (χ2v) is 7.91. The summed E-state index contributed by atoms with van der Waals surface area (Å²) in [6, 6.07) is 9.29. The second kappa shape index (κ2) is 9.54. The number of aryl methyl sites for hydroxylation is 1. The predicted octanol–water partition coefficient (Wildman–Crippen LogP) is 3.02. The lowest BCUT2D eigenvalue weighted by molar-refractivity contribution is -0.119. The number of nitrogens with zero attached hydrogens (tertiary/aromatic N) is 2. The molecule has 0 unspecified atom stereocenters. The van der Waals surface area contributed by atoms with E-state index in [2.05, 4.69) is 16.7 Å². The molecule has 2 amide bonds. The van der Waals surface area contributed by atoms with Crippen molar-refractivity contribution < 1.29 is 14.3 Å². The molecule has 8 heteroatoms. The molecule has 1 aromatic heterocycles. The van der Waals surface area contributed by atoms with Gasteiger partial charge in [0.15, 0.2) is 0 Å². The summed E-state index contributed by atoms with van der Waals surface area (Å²) in [5.41, 5.74) is 2.35. The van der Waals surface area contributed by atoms with E-state index >= 15 is 0 Å². The maximum Gasteiger partial charge on any atom is 0.239 e. The Morgan fingerprint density at radius 2 is 1.86 bits per heavy atom. The van der Waals surface area contributed by atoms with Crippen LogP contribution in [0, 0.1) is 11.3 Å². The number of thiophene rings is 1. The molecule has 152 valence electrons. The van der Waals surface area contributed by atoms with Gasteiger partial charge in [-0.2, -0.15) is 5.26 Å². The Bertz CT molecular complexity index is 931. The summed E-state index contributed by atoms with van der Waals surface area (Å²) in [5, 5.41) is 15.7. The van der Waals surface area contributed by atoms with E-state index in [4.69, 9.17) is 4.74 Å². The number of amides is 2. The highest BCUT2D eigenvalue weighted by molar-refractivity contribution is 7.16. The maximum absolute atomic E-state index is 12.5. The molecular weight excluding hydrogens is 388 g/mol. The summed E-state index contributed by atoms with van der Waals surface area (Å²) in [5.74, 6) is 0.296. The Hall–Kier alpha value is -2.89. The standard InChI is InChI=1S/C21H24N4O3S/c1-3-25(12-19(26)23-14-7-9-15(28-2)10-8-14)13-20(27)24-21-17(11-22)16-5-4-6-18(16)29-21/h7-10H,3-6,12-13H2,1-2H3,(H,23,26)(H,24,27). The van der Waals surface area contributed by atoms with Crippen molar-refractivity contribution in [3.63, 3.8) is 0 Å². The topological polar surface area (TPSA) is 94.5 Å². The minimum absolute atomic E-state index is 0.0833.